The minimum Gasteiger partial charge on any atom is -0.350 e. The van der Waals surface area contributed by atoms with Gasteiger partial charge in [-0.3, -0.25) is 4.79 Å². The molecule has 0 aromatic heterocycles. The van der Waals surface area contributed by atoms with Crippen LogP contribution in [-0.4, -0.2) is 11.4 Å². The smallest absolute Gasteiger partial charge is 0.227 e. The lowest BCUT2D eigenvalue weighted by molar-refractivity contribution is -0.124. The maximum atomic E-state index is 11.4. The number of rotatable bonds is 0. The molecule has 1 amide bonds. The lowest BCUT2D eigenvalue weighted by Gasteiger charge is -2.27. The van der Waals surface area contributed by atoms with Crippen molar-refractivity contribution < 1.29 is 4.79 Å². The predicted molar refractivity (Wildman–Crippen MR) is 43.1 cm³/mol. The third kappa shape index (κ3) is 0.501. The second kappa shape index (κ2) is 1.35. The third-order valence-corrected chi connectivity index (χ3v) is 4.11. The van der Waals surface area contributed by atoms with Gasteiger partial charge in [-0.1, -0.05) is 13.8 Å². The Morgan fingerprint density at radius 2 is 1.82 bits per heavy atom. The highest BCUT2D eigenvalue weighted by Crippen LogP contribution is 2.72. The van der Waals surface area contributed by atoms with Crippen LogP contribution in [0.4, 0.5) is 0 Å². The molecule has 1 heterocycles. The second-order valence-electron chi connectivity index (χ2n) is 4.92. The molecule has 62 valence electrons. The van der Waals surface area contributed by atoms with Gasteiger partial charge in [0.05, 0.1) is 5.41 Å². The summed E-state index contributed by atoms with van der Waals surface area (Å²) in [5.74, 6) is 0.241. The van der Waals surface area contributed by atoms with E-state index in [1.165, 1.54) is 0 Å². The highest BCUT2D eigenvalue weighted by molar-refractivity contribution is 5.91. The van der Waals surface area contributed by atoms with Crippen LogP contribution in [0.1, 0.15) is 34.1 Å². The van der Waals surface area contributed by atoms with Crippen LogP contribution in [-0.2, 0) is 4.79 Å². The zero-order valence-electron chi connectivity index (χ0n) is 7.62. The highest BCUT2D eigenvalue weighted by Gasteiger charge is 2.76. The maximum Gasteiger partial charge on any atom is 0.227 e. The first kappa shape index (κ1) is 7.14. The van der Waals surface area contributed by atoms with Crippen molar-refractivity contribution in [2.45, 2.75) is 39.7 Å². The highest BCUT2D eigenvalue weighted by atomic mass is 16.2. The van der Waals surface area contributed by atoms with E-state index in [1.54, 1.807) is 0 Å². The van der Waals surface area contributed by atoms with Gasteiger partial charge in [0.15, 0.2) is 0 Å². The van der Waals surface area contributed by atoms with E-state index >= 15 is 0 Å². The van der Waals surface area contributed by atoms with E-state index in [1.807, 2.05) is 0 Å². The molecular formula is C9H15NO. The average molecular weight is 153 g/mol. The van der Waals surface area contributed by atoms with E-state index in [0.717, 1.165) is 6.42 Å². The summed E-state index contributed by atoms with van der Waals surface area (Å²) in [5, 5.41) is 3.03. The third-order valence-electron chi connectivity index (χ3n) is 4.11. The van der Waals surface area contributed by atoms with Gasteiger partial charge >= 0.3 is 0 Å². The Labute approximate surface area is 67.4 Å². The minimum absolute atomic E-state index is 0.00116. The number of nitrogens with one attached hydrogen (secondary N) is 1. The number of amides is 1. The summed E-state index contributed by atoms with van der Waals surface area (Å²) in [7, 11) is 0. The molecule has 0 bridgehead atoms. The Balaban J connectivity index is 2.45. The molecule has 0 aromatic rings. The second-order valence-corrected chi connectivity index (χ2v) is 4.92. The summed E-state index contributed by atoms with van der Waals surface area (Å²) in [5.41, 5.74) is 0.145. The SMILES string of the molecule is CC1(C)NC(=O)[C@@]2(C)C[C@@]12C. The van der Waals surface area contributed by atoms with Gasteiger partial charge in [-0.2, -0.15) is 0 Å². The lowest BCUT2D eigenvalue weighted by Crippen LogP contribution is -2.43. The molecule has 1 aliphatic carbocycles. The molecule has 1 saturated heterocycles. The van der Waals surface area contributed by atoms with Crippen molar-refractivity contribution in [1.29, 1.82) is 0 Å². The Bertz CT molecular complexity index is 246. The van der Waals surface area contributed by atoms with Gasteiger partial charge in [-0.05, 0) is 20.3 Å². The molecule has 1 saturated carbocycles. The zero-order valence-corrected chi connectivity index (χ0v) is 7.62. The molecule has 1 N–H and O–H groups in total. The first-order valence-corrected chi connectivity index (χ1v) is 4.16. The predicted octanol–water partition coefficient (Wildman–Crippen LogP) is 1.31. The summed E-state index contributed by atoms with van der Waals surface area (Å²) in [4.78, 5) is 11.4. The van der Waals surface area contributed by atoms with Crippen LogP contribution in [0.15, 0.2) is 0 Å². The van der Waals surface area contributed by atoms with Crippen molar-refractivity contribution in [3.05, 3.63) is 0 Å². The van der Waals surface area contributed by atoms with Gasteiger partial charge in [-0.25, -0.2) is 0 Å². The molecule has 1 aliphatic heterocycles. The van der Waals surface area contributed by atoms with Crippen LogP contribution in [0, 0.1) is 10.8 Å². The monoisotopic (exact) mass is 153 g/mol. The number of hydrogen-bond acceptors (Lipinski definition) is 1. The molecule has 2 rings (SSSR count). The fourth-order valence-corrected chi connectivity index (χ4v) is 2.46. The van der Waals surface area contributed by atoms with Gasteiger partial charge < -0.3 is 5.32 Å². The minimum atomic E-state index is -0.0590. The number of hydrogen-bond donors (Lipinski definition) is 1. The van der Waals surface area contributed by atoms with Crippen molar-refractivity contribution >= 4 is 5.91 Å². The van der Waals surface area contributed by atoms with Gasteiger partial charge in [0.25, 0.3) is 0 Å². The molecule has 0 aromatic carbocycles. The standard InChI is InChI=1S/C9H15NO/c1-7(2)9(4)5-8(9,3)6(11)10-7/h5H2,1-4H3,(H,10,11)/t8-,9+/m1/s1. The van der Waals surface area contributed by atoms with Crippen LogP contribution in [0.3, 0.4) is 0 Å². The van der Waals surface area contributed by atoms with Crippen LogP contribution >= 0.6 is 0 Å². The van der Waals surface area contributed by atoms with E-state index in [4.69, 9.17) is 0 Å². The molecule has 0 radical (unpaired) electrons. The molecule has 2 atom stereocenters. The van der Waals surface area contributed by atoms with Crippen LogP contribution in [0.5, 0.6) is 0 Å². The molecule has 2 heteroatoms. The Morgan fingerprint density at radius 3 is 1.91 bits per heavy atom. The van der Waals surface area contributed by atoms with Gasteiger partial charge in [-0.15, -0.1) is 0 Å². The largest absolute Gasteiger partial charge is 0.350 e. The number of carbonyl (C=O) groups excluding carboxylic acids is 1. The zero-order chi connectivity index (χ0) is 8.49. The first-order chi connectivity index (χ1) is 4.83. The summed E-state index contributed by atoms with van der Waals surface area (Å²) in [6.45, 7) is 8.49. The Hall–Kier alpha value is -0.530. The molecule has 2 aliphatic rings. The quantitative estimate of drug-likeness (QED) is 0.558. The van der Waals surface area contributed by atoms with E-state index in [9.17, 15) is 4.79 Å². The van der Waals surface area contributed by atoms with Gasteiger partial charge in [0, 0.05) is 11.0 Å². The van der Waals surface area contributed by atoms with Crippen molar-refractivity contribution in [1.82, 2.24) is 5.32 Å². The molecule has 0 spiro atoms. The fraction of sp³-hybridized carbons (Fsp3) is 0.889. The molecule has 0 unspecified atom stereocenters. The number of fused-ring (bicyclic) bond motifs is 1. The topological polar surface area (TPSA) is 29.1 Å². The molecule has 2 fully saturated rings. The molecule has 11 heavy (non-hydrogen) atoms. The normalized spacial score (nSPS) is 51.8. The molecular weight excluding hydrogens is 138 g/mol. The summed E-state index contributed by atoms with van der Waals surface area (Å²) in [6, 6.07) is 0. The van der Waals surface area contributed by atoms with Crippen LogP contribution < -0.4 is 5.32 Å². The summed E-state index contributed by atoms with van der Waals surface area (Å²) >= 11 is 0. The fourth-order valence-electron chi connectivity index (χ4n) is 2.46. The summed E-state index contributed by atoms with van der Waals surface area (Å²) in [6.07, 6.45) is 1.05. The van der Waals surface area contributed by atoms with Crippen molar-refractivity contribution in [2.24, 2.45) is 10.8 Å². The van der Waals surface area contributed by atoms with Crippen molar-refractivity contribution in [3.63, 3.8) is 0 Å². The van der Waals surface area contributed by atoms with Gasteiger partial charge in [0.2, 0.25) is 5.91 Å². The van der Waals surface area contributed by atoms with E-state index < -0.39 is 0 Å². The maximum absolute atomic E-state index is 11.4. The number of carbonyl (C=O) groups is 1. The Kier molecular flexibility index (Phi) is 0.873. The molecule has 2 nitrogen and oxygen atoms in total. The van der Waals surface area contributed by atoms with Crippen molar-refractivity contribution in [3.8, 4) is 0 Å². The number of piperidine rings is 1. The Morgan fingerprint density at radius 1 is 1.27 bits per heavy atom. The lowest BCUT2D eigenvalue weighted by atomic mass is 9.84. The van der Waals surface area contributed by atoms with Gasteiger partial charge in [0.1, 0.15) is 0 Å². The van der Waals surface area contributed by atoms with Crippen molar-refractivity contribution in [2.75, 3.05) is 0 Å². The average Bonchev–Trinajstić information content (AvgIpc) is 2.33. The van der Waals surface area contributed by atoms with Crippen LogP contribution in [0.25, 0.3) is 0 Å². The van der Waals surface area contributed by atoms with E-state index in [0.29, 0.717) is 0 Å². The van der Waals surface area contributed by atoms with E-state index in [-0.39, 0.29) is 22.3 Å². The first-order valence-electron chi connectivity index (χ1n) is 4.16. The van der Waals surface area contributed by atoms with E-state index in [2.05, 4.69) is 33.0 Å². The van der Waals surface area contributed by atoms with Crippen LogP contribution in [0.2, 0.25) is 0 Å². The summed E-state index contributed by atoms with van der Waals surface area (Å²) < 4.78 is 0.